The molecule has 1 aliphatic carbocycles. The molecule has 3 aromatic carbocycles. The smallest absolute Gasteiger partial charge is 0.491 e. The summed E-state index contributed by atoms with van der Waals surface area (Å²) in [6.07, 6.45) is 2.74. The quantitative estimate of drug-likeness (QED) is 0.244. The molecular weight excluding hydrogens is 562 g/mol. The van der Waals surface area contributed by atoms with Gasteiger partial charge in [0, 0.05) is 24.1 Å². The van der Waals surface area contributed by atoms with E-state index in [0.717, 1.165) is 29.0 Å². The fraction of sp³-hybridized carbons (Fsp3) is 0.222. The van der Waals surface area contributed by atoms with Crippen molar-refractivity contribution in [3.8, 4) is 17.1 Å². The number of rotatable bonds is 9. The predicted octanol–water partition coefficient (Wildman–Crippen LogP) is 4.62. The third-order valence-electron chi connectivity index (χ3n) is 6.50. The van der Waals surface area contributed by atoms with E-state index in [9.17, 15) is 17.6 Å². The van der Waals surface area contributed by atoms with Crippen LogP contribution in [-0.2, 0) is 10.0 Å². The van der Waals surface area contributed by atoms with Crippen molar-refractivity contribution in [1.82, 2.24) is 5.32 Å². The molecule has 1 fully saturated rings. The van der Waals surface area contributed by atoms with Crippen LogP contribution >= 0.6 is 11.6 Å². The number of ether oxygens (including phenoxy) is 1. The summed E-state index contributed by atoms with van der Waals surface area (Å²) in [4.78, 5) is 13.0. The van der Waals surface area contributed by atoms with Crippen LogP contribution in [0, 0.1) is 5.82 Å². The Kier molecular flexibility index (Phi) is 7.53. The Balaban J connectivity index is 1.71. The number of amides is 1. The molecule has 208 valence electrons. The number of benzene rings is 3. The Hall–Kier alpha value is -3.58. The van der Waals surface area contributed by atoms with Crippen LogP contribution in [0.3, 0.4) is 0 Å². The summed E-state index contributed by atoms with van der Waals surface area (Å²) in [7, 11) is -4.12. The van der Waals surface area contributed by atoms with Crippen LogP contribution in [0.15, 0.2) is 59.0 Å². The minimum atomic E-state index is -3.91. The number of hydrogen-bond acceptors (Lipinski definition) is 7. The van der Waals surface area contributed by atoms with Crippen molar-refractivity contribution in [1.29, 1.82) is 0 Å². The van der Waals surface area contributed by atoms with Crippen LogP contribution in [0.2, 0.25) is 5.02 Å². The number of fused-ring (bicyclic) bond motifs is 1. The fourth-order valence-electron chi connectivity index (χ4n) is 4.61. The normalized spacial score (nSPS) is 13.3. The lowest BCUT2D eigenvalue weighted by Gasteiger charge is -2.26. The number of anilines is 2. The van der Waals surface area contributed by atoms with Crippen LogP contribution in [-0.4, -0.2) is 51.3 Å². The lowest BCUT2D eigenvalue weighted by molar-refractivity contribution is 0.0964. The van der Waals surface area contributed by atoms with Gasteiger partial charge in [-0.05, 0) is 72.9 Å². The second kappa shape index (κ2) is 10.8. The van der Waals surface area contributed by atoms with Gasteiger partial charge in [-0.25, -0.2) is 17.1 Å². The monoisotopic (exact) mass is 586 g/mol. The summed E-state index contributed by atoms with van der Waals surface area (Å²) in [5, 5.41) is 21.4. The zero-order valence-electron chi connectivity index (χ0n) is 21.5. The number of sulfonamides is 1. The van der Waals surface area contributed by atoms with Gasteiger partial charge in [0.25, 0.3) is 5.91 Å². The van der Waals surface area contributed by atoms with E-state index in [2.05, 4.69) is 5.32 Å². The van der Waals surface area contributed by atoms with E-state index in [1.807, 2.05) is 0 Å². The molecule has 3 N–H and O–H groups in total. The van der Waals surface area contributed by atoms with Crippen LogP contribution in [0.25, 0.3) is 22.3 Å². The molecule has 0 spiro atoms. The Morgan fingerprint density at radius 1 is 1.18 bits per heavy atom. The number of furan rings is 1. The maximum absolute atomic E-state index is 13.6. The summed E-state index contributed by atoms with van der Waals surface area (Å²) in [6, 6.07) is 13.3. The summed E-state index contributed by atoms with van der Waals surface area (Å²) >= 11 is 6.36. The maximum atomic E-state index is 13.6. The lowest BCUT2D eigenvalue weighted by atomic mass is 9.95. The largest absolute Gasteiger partial charge is 0.494 e. The number of carbonyl (C=O) groups is 1. The second-order valence-corrected chi connectivity index (χ2v) is 11.7. The number of carbonyl (C=O) groups excluding carboxylic acids is 1. The minimum absolute atomic E-state index is 0.0643. The molecule has 13 heteroatoms. The van der Waals surface area contributed by atoms with Gasteiger partial charge in [-0.1, -0.05) is 11.6 Å². The predicted molar refractivity (Wildman–Crippen MR) is 151 cm³/mol. The minimum Gasteiger partial charge on any atom is -0.494 e. The van der Waals surface area contributed by atoms with Gasteiger partial charge in [-0.2, -0.15) is 0 Å². The molecule has 5 rings (SSSR count). The zero-order valence-corrected chi connectivity index (χ0v) is 23.1. The average molecular weight is 587 g/mol. The van der Waals surface area contributed by atoms with Gasteiger partial charge in [0.1, 0.15) is 29.4 Å². The molecule has 40 heavy (non-hydrogen) atoms. The van der Waals surface area contributed by atoms with Gasteiger partial charge in [-0.3, -0.25) is 4.79 Å². The van der Waals surface area contributed by atoms with E-state index in [1.165, 1.54) is 49.5 Å². The van der Waals surface area contributed by atoms with Crippen LogP contribution < -0.4 is 14.4 Å². The first-order valence-electron chi connectivity index (χ1n) is 12.3. The summed E-state index contributed by atoms with van der Waals surface area (Å²) in [5.74, 6) is -0.395. The molecule has 9 nitrogen and oxygen atoms in total. The van der Waals surface area contributed by atoms with E-state index in [-0.39, 0.29) is 39.3 Å². The standard InChI is InChI=1S/C27H25BClFN2O7S/c1-31-27(33)25-20-12-19(15-3-4-15)22(13-24(20)39-26(25)16-5-7-17(30)8-6-16)32(40(2,36)37)18-9-10-23(21(29)11-18)38-14-28(34)35/h5-13,15,34-35H,3-4,14H2,1-2H3,(H,31,33). The third-order valence-corrected chi connectivity index (χ3v) is 7.87. The Labute approximate surface area is 235 Å². The van der Waals surface area contributed by atoms with Crippen molar-refractivity contribution >= 4 is 57.0 Å². The first-order chi connectivity index (χ1) is 19.0. The van der Waals surface area contributed by atoms with Crippen molar-refractivity contribution in [3.63, 3.8) is 0 Å². The summed E-state index contributed by atoms with van der Waals surface area (Å²) < 4.78 is 52.6. The highest BCUT2D eigenvalue weighted by Crippen LogP contribution is 2.49. The van der Waals surface area contributed by atoms with Gasteiger partial charge >= 0.3 is 7.12 Å². The number of halogens is 2. The average Bonchev–Trinajstić information content (AvgIpc) is 3.67. The number of nitrogens with zero attached hydrogens (tertiary/aromatic N) is 1. The van der Waals surface area contributed by atoms with E-state index < -0.39 is 35.4 Å². The van der Waals surface area contributed by atoms with E-state index >= 15 is 0 Å². The summed E-state index contributed by atoms with van der Waals surface area (Å²) in [5.41, 5.74) is 2.31. The van der Waals surface area contributed by atoms with E-state index in [4.69, 9.17) is 30.8 Å². The highest BCUT2D eigenvalue weighted by atomic mass is 35.5. The molecule has 0 atom stereocenters. The molecule has 1 saturated carbocycles. The van der Waals surface area contributed by atoms with Crippen molar-refractivity contribution in [2.75, 3.05) is 24.1 Å². The number of nitrogens with one attached hydrogen (secondary N) is 1. The fourth-order valence-corrected chi connectivity index (χ4v) is 5.85. The second-order valence-electron chi connectivity index (χ2n) is 9.51. The molecule has 4 aromatic rings. The van der Waals surface area contributed by atoms with Gasteiger partial charge in [0.2, 0.25) is 10.0 Å². The van der Waals surface area contributed by atoms with Gasteiger partial charge in [0.05, 0.1) is 28.2 Å². The molecule has 1 heterocycles. The summed E-state index contributed by atoms with van der Waals surface area (Å²) in [6.45, 7) is -0.417. The van der Waals surface area contributed by atoms with Gasteiger partial charge in [-0.15, -0.1) is 0 Å². The molecule has 0 aliphatic heterocycles. The van der Waals surface area contributed by atoms with Gasteiger partial charge in [0.15, 0.2) is 0 Å². The Bertz CT molecular complexity index is 1710. The van der Waals surface area contributed by atoms with Crippen LogP contribution in [0.5, 0.6) is 5.75 Å². The first-order valence-corrected chi connectivity index (χ1v) is 14.6. The van der Waals surface area contributed by atoms with Crippen LogP contribution in [0.4, 0.5) is 15.8 Å². The molecule has 0 radical (unpaired) electrons. The molecule has 1 aromatic heterocycles. The molecule has 0 saturated heterocycles. The highest BCUT2D eigenvalue weighted by Gasteiger charge is 2.34. The van der Waals surface area contributed by atoms with Crippen LogP contribution in [0.1, 0.15) is 34.7 Å². The van der Waals surface area contributed by atoms with Crippen molar-refractivity contribution < 1.29 is 36.8 Å². The zero-order chi connectivity index (χ0) is 28.8. The Morgan fingerprint density at radius 2 is 1.88 bits per heavy atom. The topological polar surface area (TPSA) is 129 Å². The van der Waals surface area contributed by atoms with Gasteiger partial charge < -0.3 is 24.5 Å². The van der Waals surface area contributed by atoms with Crippen molar-refractivity contribution in [2.45, 2.75) is 18.8 Å². The molecule has 0 unspecified atom stereocenters. The first kappa shape index (κ1) is 28.0. The molecule has 1 amide bonds. The molecule has 1 aliphatic rings. The molecular formula is C27H25BClFN2O7S. The third kappa shape index (κ3) is 5.53. The highest BCUT2D eigenvalue weighted by molar-refractivity contribution is 7.92. The van der Waals surface area contributed by atoms with Crippen molar-refractivity contribution in [3.05, 3.63) is 76.6 Å². The maximum Gasteiger partial charge on any atom is 0.491 e. The van der Waals surface area contributed by atoms with E-state index in [0.29, 0.717) is 16.6 Å². The van der Waals surface area contributed by atoms with E-state index in [1.54, 1.807) is 12.1 Å². The number of hydrogen-bond donors (Lipinski definition) is 3. The molecule has 0 bridgehead atoms. The van der Waals surface area contributed by atoms with Crippen molar-refractivity contribution in [2.24, 2.45) is 0 Å². The lowest BCUT2D eigenvalue weighted by Crippen LogP contribution is -2.26. The Morgan fingerprint density at radius 3 is 2.45 bits per heavy atom. The SMILES string of the molecule is CNC(=O)c1c(-c2ccc(F)cc2)oc2cc(N(c3ccc(OCB(O)O)c(Cl)c3)S(C)(=O)=O)c(C3CC3)cc12.